The molecule has 0 saturated heterocycles. The zero-order valence-electron chi connectivity index (χ0n) is 20.5. The molecule has 0 spiro atoms. The minimum Gasteiger partial charge on any atom is -0.483 e. The van der Waals surface area contributed by atoms with Crippen molar-refractivity contribution in [2.24, 2.45) is 11.3 Å². The summed E-state index contributed by atoms with van der Waals surface area (Å²) in [6.07, 6.45) is 4.92. The van der Waals surface area contributed by atoms with Gasteiger partial charge in [0.05, 0.1) is 0 Å². The van der Waals surface area contributed by atoms with Crippen LogP contribution in [0.25, 0.3) is 0 Å². The SMILES string of the molecule is C[C@H](CC(=O)NC1CCC(NC(=O)c2csc(COc3ccccc3F)n2)CC1)CC(C)(C)C. The molecule has 1 saturated carbocycles. The molecule has 186 valence electrons. The fourth-order valence-electron chi connectivity index (χ4n) is 4.54. The Bertz CT molecular complexity index is 964. The monoisotopic (exact) mass is 489 g/mol. The van der Waals surface area contributed by atoms with E-state index < -0.39 is 5.82 Å². The molecule has 0 bridgehead atoms. The summed E-state index contributed by atoms with van der Waals surface area (Å²) in [6, 6.07) is 6.44. The van der Waals surface area contributed by atoms with Crippen molar-refractivity contribution in [1.29, 1.82) is 0 Å². The molecule has 1 fully saturated rings. The summed E-state index contributed by atoms with van der Waals surface area (Å²) >= 11 is 1.31. The number of hydrogen-bond donors (Lipinski definition) is 2. The van der Waals surface area contributed by atoms with Crippen LogP contribution in [-0.4, -0.2) is 28.9 Å². The highest BCUT2D eigenvalue weighted by Gasteiger charge is 2.25. The Morgan fingerprint density at radius 2 is 1.79 bits per heavy atom. The van der Waals surface area contributed by atoms with Gasteiger partial charge in [0.25, 0.3) is 5.91 Å². The van der Waals surface area contributed by atoms with Gasteiger partial charge in [-0.05, 0) is 55.6 Å². The normalized spacial score (nSPS) is 19.3. The number of para-hydroxylation sites is 1. The maximum Gasteiger partial charge on any atom is 0.270 e. The smallest absolute Gasteiger partial charge is 0.270 e. The van der Waals surface area contributed by atoms with Crippen LogP contribution in [0.5, 0.6) is 5.75 Å². The summed E-state index contributed by atoms with van der Waals surface area (Å²) in [5.41, 5.74) is 0.571. The standard InChI is InChI=1S/C26H36FN3O3S/c1-17(14-26(2,3)4)13-23(31)28-18-9-11-19(12-10-18)29-25(32)21-16-34-24(30-21)15-33-22-8-6-5-7-20(22)27/h5-8,16-19H,9-15H2,1-4H3,(H,28,31)(H,29,32)/t17-,18?,19?/m1/s1. The molecule has 0 aliphatic heterocycles. The number of nitrogens with zero attached hydrogens (tertiary/aromatic N) is 1. The number of benzene rings is 1. The Morgan fingerprint density at radius 3 is 2.44 bits per heavy atom. The minimum atomic E-state index is -0.428. The van der Waals surface area contributed by atoms with E-state index in [0.717, 1.165) is 32.1 Å². The van der Waals surface area contributed by atoms with Crippen LogP contribution in [0.15, 0.2) is 29.6 Å². The second kappa shape index (κ2) is 11.8. The molecule has 0 unspecified atom stereocenters. The summed E-state index contributed by atoms with van der Waals surface area (Å²) in [7, 11) is 0. The predicted octanol–water partition coefficient (Wildman–Crippen LogP) is 5.48. The van der Waals surface area contributed by atoms with Crippen molar-refractivity contribution < 1.29 is 18.7 Å². The van der Waals surface area contributed by atoms with E-state index >= 15 is 0 Å². The van der Waals surface area contributed by atoms with E-state index in [1.165, 1.54) is 17.4 Å². The number of amides is 2. The molecular weight excluding hydrogens is 453 g/mol. The number of nitrogens with one attached hydrogen (secondary N) is 2. The van der Waals surface area contributed by atoms with Gasteiger partial charge in [-0.3, -0.25) is 9.59 Å². The van der Waals surface area contributed by atoms with Crippen molar-refractivity contribution in [3.63, 3.8) is 0 Å². The van der Waals surface area contributed by atoms with E-state index in [4.69, 9.17) is 4.74 Å². The summed E-state index contributed by atoms with van der Waals surface area (Å²) in [5.74, 6) is 0.00363. The van der Waals surface area contributed by atoms with Gasteiger partial charge in [-0.2, -0.15) is 0 Å². The van der Waals surface area contributed by atoms with Gasteiger partial charge in [-0.15, -0.1) is 11.3 Å². The molecule has 8 heteroatoms. The summed E-state index contributed by atoms with van der Waals surface area (Å²) in [5, 5.41) is 8.53. The third-order valence-electron chi connectivity index (χ3n) is 5.89. The first-order valence-electron chi connectivity index (χ1n) is 12.0. The first kappa shape index (κ1) is 26.1. The van der Waals surface area contributed by atoms with E-state index in [1.807, 2.05) is 0 Å². The second-order valence-electron chi connectivity index (χ2n) is 10.5. The van der Waals surface area contributed by atoms with Gasteiger partial charge in [-0.25, -0.2) is 9.37 Å². The van der Waals surface area contributed by atoms with E-state index in [9.17, 15) is 14.0 Å². The third-order valence-corrected chi connectivity index (χ3v) is 6.72. The first-order chi connectivity index (χ1) is 16.1. The van der Waals surface area contributed by atoms with Gasteiger partial charge in [0.2, 0.25) is 5.91 Å². The highest BCUT2D eigenvalue weighted by atomic mass is 32.1. The van der Waals surface area contributed by atoms with Crippen molar-refractivity contribution in [2.45, 2.75) is 84.9 Å². The van der Waals surface area contributed by atoms with Crippen LogP contribution in [0.2, 0.25) is 0 Å². The van der Waals surface area contributed by atoms with Gasteiger partial charge in [0, 0.05) is 23.9 Å². The highest BCUT2D eigenvalue weighted by Crippen LogP contribution is 2.26. The number of thiazole rings is 1. The molecule has 1 aliphatic rings. The lowest BCUT2D eigenvalue weighted by Gasteiger charge is -2.30. The number of rotatable bonds is 9. The predicted molar refractivity (Wildman–Crippen MR) is 132 cm³/mol. The molecule has 3 rings (SSSR count). The third kappa shape index (κ3) is 8.38. The molecular formula is C26H36FN3O3S. The van der Waals surface area contributed by atoms with Crippen molar-refractivity contribution in [1.82, 2.24) is 15.6 Å². The number of aromatic nitrogens is 1. The minimum absolute atomic E-state index is 0.0697. The Kier molecular flexibility index (Phi) is 9.05. The Morgan fingerprint density at radius 1 is 1.15 bits per heavy atom. The van der Waals surface area contributed by atoms with Crippen LogP contribution in [0.3, 0.4) is 0 Å². The van der Waals surface area contributed by atoms with Crippen molar-refractivity contribution >= 4 is 23.2 Å². The van der Waals surface area contributed by atoms with Crippen molar-refractivity contribution in [3.05, 3.63) is 46.2 Å². The van der Waals surface area contributed by atoms with Gasteiger partial charge >= 0.3 is 0 Å². The van der Waals surface area contributed by atoms with Crippen LogP contribution in [0.4, 0.5) is 4.39 Å². The Labute approximate surface area is 205 Å². The molecule has 34 heavy (non-hydrogen) atoms. The lowest BCUT2D eigenvalue weighted by Crippen LogP contribution is -2.44. The lowest BCUT2D eigenvalue weighted by atomic mass is 9.84. The van der Waals surface area contributed by atoms with Crippen LogP contribution >= 0.6 is 11.3 Å². The quantitative estimate of drug-likeness (QED) is 0.489. The molecule has 1 aromatic carbocycles. The molecule has 1 atom stereocenters. The highest BCUT2D eigenvalue weighted by molar-refractivity contribution is 7.09. The molecule has 1 heterocycles. The molecule has 2 N–H and O–H groups in total. The van der Waals surface area contributed by atoms with Gasteiger partial charge in [0.1, 0.15) is 17.3 Å². The fraction of sp³-hybridized carbons (Fsp3) is 0.577. The number of ether oxygens (including phenoxy) is 1. The van der Waals surface area contributed by atoms with Crippen LogP contribution in [0.1, 0.15) is 81.7 Å². The maximum atomic E-state index is 13.7. The zero-order chi connectivity index (χ0) is 24.7. The summed E-state index contributed by atoms with van der Waals surface area (Å²) < 4.78 is 19.1. The van der Waals surface area contributed by atoms with E-state index in [1.54, 1.807) is 23.6 Å². The van der Waals surface area contributed by atoms with Gasteiger partial charge in [0.15, 0.2) is 11.6 Å². The lowest BCUT2D eigenvalue weighted by molar-refractivity contribution is -0.123. The topological polar surface area (TPSA) is 80.3 Å². The van der Waals surface area contributed by atoms with Crippen LogP contribution in [-0.2, 0) is 11.4 Å². The van der Waals surface area contributed by atoms with E-state index in [0.29, 0.717) is 23.0 Å². The molecule has 1 aromatic heterocycles. The first-order valence-corrected chi connectivity index (χ1v) is 12.9. The number of carbonyl (C=O) groups excluding carboxylic acids is 2. The molecule has 1 aliphatic carbocycles. The van der Waals surface area contributed by atoms with Crippen LogP contribution in [0, 0.1) is 17.2 Å². The number of hydrogen-bond acceptors (Lipinski definition) is 5. The Balaban J connectivity index is 1.38. The van der Waals surface area contributed by atoms with Crippen molar-refractivity contribution in [3.8, 4) is 5.75 Å². The summed E-state index contributed by atoms with van der Waals surface area (Å²) in [4.78, 5) is 29.3. The number of halogens is 1. The molecule has 2 aromatic rings. The van der Waals surface area contributed by atoms with Crippen LogP contribution < -0.4 is 15.4 Å². The fourth-order valence-corrected chi connectivity index (χ4v) is 5.23. The van der Waals surface area contributed by atoms with Crippen molar-refractivity contribution in [2.75, 3.05) is 0 Å². The Hall–Kier alpha value is -2.48. The molecule has 0 radical (unpaired) electrons. The average molecular weight is 490 g/mol. The van der Waals surface area contributed by atoms with Gasteiger partial charge < -0.3 is 15.4 Å². The maximum absolute atomic E-state index is 13.7. The number of carbonyl (C=O) groups is 2. The molecule has 6 nitrogen and oxygen atoms in total. The van der Waals surface area contributed by atoms with Gasteiger partial charge in [-0.1, -0.05) is 39.8 Å². The average Bonchev–Trinajstić information content (AvgIpc) is 3.22. The largest absolute Gasteiger partial charge is 0.483 e. The van der Waals surface area contributed by atoms with E-state index in [2.05, 4.69) is 43.3 Å². The zero-order valence-corrected chi connectivity index (χ0v) is 21.3. The second-order valence-corrected chi connectivity index (χ2v) is 11.5. The molecule has 2 amide bonds. The van der Waals surface area contributed by atoms with E-state index in [-0.39, 0.29) is 41.7 Å². The summed E-state index contributed by atoms with van der Waals surface area (Å²) in [6.45, 7) is 8.83.